The van der Waals surface area contributed by atoms with Crippen LogP contribution in [0.5, 0.6) is 0 Å². The third kappa shape index (κ3) is 1.77. The van der Waals surface area contributed by atoms with Gasteiger partial charge in [-0.3, -0.25) is 0 Å². The minimum atomic E-state index is -0.356. The lowest BCUT2D eigenvalue weighted by Crippen LogP contribution is -2.46. The van der Waals surface area contributed by atoms with E-state index in [1.807, 2.05) is 19.9 Å². The summed E-state index contributed by atoms with van der Waals surface area (Å²) in [6.07, 6.45) is 1.94. The van der Waals surface area contributed by atoms with Crippen molar-refractivity contribution in [3.8, 4) is 0 Å². The van der Waals surface area contributed by atoms with E-state index >= 15 is 0 Å². The molecule has 0 saturated heterocycles. The van der Waals surface area contributed by atoms with Crippen molar-refractivity contribution in [2.24, 2.45) is 10.8 Å². The summed E-state index contributed by atoms with van der Waals surface area (Å²) in [7, 11) is 0. The molecule has 0 rings (SSSR count). The summed E-state index contributed by atoms with van der Waals surface area (Å²) in [4.78, 5) is 3.71. The third-order valence-electron chi connectivity index (χ3n) is 3.93. The first-order chi connectivity index (χ1) is 5.62. The van der Waals surface area contributed by atoms with Gasteiger partial charge >= 0.3 is 0 Å². The fourth-order valence-corrected chi connectivity index (χ4v) is 1.18. The van der Waals surface area contributed by atoms with E-state index in [0.717, 1.165) is 0 Å². The molecule has 1 nitrogen and oxygen atoms in total. The zero-order valence-corrected chi connectivity index (χ0v) is 9.73. The average Bonchev–Trinajstić information content (AvgIpc) is 2.03. The first kappa shape index (κ1) is 12.2. The lowest BCUT2D eigenvalue weighted by Gasteiger charge is -2.43. The molecule has 0 spiro atoms. The molecule has 0 heterocycles. The molecule has 0 aromatic heterocycles. The fraction of sp³-hybridized carbons (Fsp3) is 0.750. The predicted molar refractivity (Wildman–Crippen MR) is 58.4 cm³/mol. The number of hydrogen-bond acceptors (Lipinski definition) is 0. The summed E-state index contributed by atoms with van der Waals surface area (Å²) >= 11 is 0. The van der Waals surface area contributed by atoms with E-state index in [0.29, 0.717) is 0 Å². The highest BCUT2D eigenvalue weighted by Crippen LogP contribution is 2.48. The molecule has 0 N–H and O–H groups in total. The van der Waals surface area contributed by atoms with E-state index in [-0.39, 0.29) is 16.4 Å². The van der Waals surface area contributed by atoms with Gasteiger partial charge in [0.1, 0.15) is 0 Å². The topological polar surface area (TPSA) is 4.36 Å². The zero-order valence-electron chi connectivity index (χ0n) is 9.73. The van der Waals surface area contributed by atoms with Gasteiger partial charge in [0.2, 0.25) is 5.54 Å². The minimum Gasteiger partial charge on any atom is -0.310 e. The quantitative estimate of drug-likeness (QED) is 0.457. The van der Waals surface area contributed by atoms with Gasteiger partial charge in [-0.2, -0.15) is 0 Å². The molecule has 74 valence electrons. The highest BCUT2D eigenvalue weighted by Gasteiger charge is 2.51. The molecule has 0 fully saturated rings. The zero-order chi connectivity index (χ0) is 10.9. The van der Waals surface area contributed by atoms with Crippen molar-refractivity contribution in [1.82, 2.24) is 0 Å². The normalized spacial score (nSPS) is 13.6. The van der Waals surface area contributed by atoms with Gasteiger partial charge in [-0.1, -0.05) is 33.8 Å². The van der Waals surface area contributed by atoms with Crippen molar-refractivity contribution >= 4 is 0 Å². The molecule has 0 aliphatic rings. The standard InChI is InChI=1S/C12H21N/c1-9-10(2,3)11(4,5)12(6,7)13-8/h9H,1H2,2-7H3. The molecule has 0 aliphatic heterocycles. The Kier molecular flexibility index (Phi) is 2.99. The van der Waals surface area contributed by atoms with Crippen LogP contribution in [0.25, 0.3) is 4.85 Å². The lowest BCUT2D eigenvalue weighted by atomic mass is 9.59. The van der Waals surface area contributed by atoms with Crippen molar-refractivity contribution in [2.45, 2.75) is 47.1 Å². The Hall–Kier alpha value is -0.770. The van der Waals surface area contributed by atoms with Gasteiger partial charge in [0.05, 0.1) is 5.41 Å². The van der Waals surface area contributed by atoms with Crippen LogP contribution in [-0.4, -0.2) is 5.54 Å². The first-order valence-electron chi connectivity index (χ1n) is 4.64. The van der Waals surface area contributed by atoms with Crippen LogP contribution in [0.2, 0.25) is 0 Å². The van der Waals surface area contributed by atoms with Crippen LogP contribution in [0.3, 0.4) is 0 Å². The second kappa shape index (κ2) is 3.18. The van der Waals surface area contributed by atoms with Gasteiger partial charge in [-0.25, -0.2) is 6.57 Å². The highest BCUT2D eigenvalue weighted by molar-refractivity contribution is 5.12. The summed E-state index contributed by atoms with van der Waals surface area (Å²) < 4.78 is 0. The van der Waals surface area contributed by atoms with Gasteiger partial charge in [-0.15, -0.1) is 6.58 Å². The molecule has 0 aliphatic carbocycles. The van der Waals surface area contributed by atoms with E-state index in [9.17, 15) is 0 Å². The number of hydrogen-bond donors (Lipinski definition) is 0. The Balaban J connectivity index is 5.22. The van der Waals surface area contributed by atoms with Crippen LogP contribution in [0.1, 0.15) is 41.5 Å². The van der Waals surface area contributed by atoms with Crippen molar-refractivity contribution in [3.05, 3.63) is 24.1 Å². The van der Waals surface area contributed by atoms with Crippen LogP contribution >= 0.6 is 0 Å². The van der Waals surface area contributed by atoms with Crippen LogP contribution in [0, 0.1) is 17.4 Å². The lowest BCUT2D eigenvalue weighted by molar-refractivity contribution is 0.0977. The maximum absolute atomic E-state index is 7.21. The molecule has 0 saturated carbocycles. The van der Waals surface area contributed by atoms with E-state index in [2.05, 4.69) is 39.1 Å². The van der Waals surface area contributed by atoms with Gasteiger partial charge in [0.25, 0.3) is 0 Å². The summed E-state index contributed by atoms with van der Waals surface area (Å²) in [6.45, 7) is 23.6. The van der Waals surface area contributed by atoms with E-state index in [1.165, 1.54) is 0 Å². The summed E-state index contributed by atoms with van der Waals surface area (Å²) in [6, 6.07) is 0. The molecule has 0 unspecified atom stereocenters. The minimum absolute atomic E-state index is 0.0267. The Morgan fingerprint density at radius 1 is 1.08 bits per heavy atom. The van der Waals surface area contributed by atoms with E-state index < -0.39 is 0 Å². The molecule has 1 heteroatoms. The van der Waals surface area contributed by atoms with Gasteiger partial charge in [0.15, 0.2) is 0 Å². The molecule has 0 amide bonds. The van der Waals surface area contributed by atoms with Gasteiger partial charge in [-0.05, 0) is 5.41 Å². The van der Waals surface area contributed by atoms with Crippen molar-refractivity contribution in [1.29, 1.82) is 0 Å². The summed E-state index contributed by atoms with van der Waals surface area (Å²) in [5.74, 6) is 0. The molecule has 0 atom stereocenters. The van der Waals surface area contributed by atoms with E-state index in [4.69, 9.17) is 6.57 Å². The fourth-order valence-electron chi connectivity index (χ4n) is 1.18. The maximum atomic E-state index is 7.21. The van der Waals surface area contributed by atoms with Gasteiger partial charge < -0.3 is 4.85 Å². The Morgan fingerprint density at radius 3 is 1.69 bits per heavy atom. The SMILES string of the molecule is [C-]#[N+]C(C)(C)C(C)(C)C(C)(C)C=C. The molecular formula is C12H21N. The second-order valence-electron chi connectivity index (χ2n) is 5.22. The molecule has 0 radical (unpaired) electrons. The Morgan fingerprint density at radius 2 is 1.46 bits per heavy atom. The monoisotopic (exact) mass is 179 g/mol. The first-order valence-corrected chi connectivity index (χ1v) is 4.64. The summed E-state index contributed by atoms with van der Waals surface area (Å²) in [5, 5.41) is 0. The van der Waals surface area contributed by atoms with Crippen LogP contribution < -0.4 is 0 Å². The largest absolute Gasteiger partial charge is 0.310 e. The van der Waals surface area contributed by atoms with Crippen LogP contribution in [0.4, 0.5) is 0 Å². The van der Waals surface area contributed by atoms with Crippen molar-refractivity contribution < 1.29 is 0 Å². The van der Waals surface area contributed by atoms with Crippen molar-refractivity contribution in [3.63, 3.8) is 0 Å². The molecule has 13 heavy (non-hydrogen) atoms. The molecule has 0 bridgehead atoms. The van der Waals surface area contributed by atoms with Crippen LogP contribution in [-0.2, 0) is 0 Å². The number of nitrogens with zero attached hydrogens (tertiary/aromatic N) is 1. The Labute approximate surface area is 82.7 Å². The maximum Gasteiger partial charge on any atom is 0.232 e. The second-order valence-corrected chi connectivity index (χ2v) is 5.22. The Bertz CT molecular complexity index is 238. The highest BCUT2D eigenvalue weighted by atomic mass is 14.8. The van der Waals surface area contributed by atoms with Crippen LogP contribution in [0.15, 0.2) is 12.7 Å². The third-order valence-corrected chi connectivity index (χ3v) is 3.93. The van der Waals surface area contributed by atoms with Crippen molar-refractivity contribution in [2.75, 3.05) is 0 Å². The average molecular weight is 179 g/mol. The number of allylic oxidation sites excluding steroid dienone is 1. The predicted octanol–water partition coefficient (Wildman–Crippen LogP) is 3.92. The molecular weight excluding hydrogens is 158 g/mol. The smallest absolute Gasteiger partial charge is 0.232 e. The van der Waals surface area contributed by atoms with Gasteiger partial charge in [0, 0.05) is 13.8 Å². The summed E-state index contributed by atoms with van der Waals surface area (Å²) in [5.41, 5.74) is -0.463. The molecule has 0 aromatic rings. The number of rotatable bonds is 3. The van der Waals surface area contributed by atoms with E-state index in [1.54, 1.807) is 0 Å². The molecule has 0 aromatic carbocycles.